The molecule has 1 amide bonds. The summed E-state index contributed by atoms with van der Waals surface area (Å²) in [5, 5.41) is 3.11. The highest BCUT2D eigenvalue weighted by Crippen LogP contribution is 2.12. The first-order valence-electron chi connectivity index (χ1n) is 7.36. The van der Waals surface area contributed by atoms with Crippen molar-refractivity contribution in [1.29, 1.82) is 0 Å². The van der Waals surface area contributed by atoms with Gasteiger partial charge in [-0.15, -0.1) is 0 Å². The van der Waals surface area contributed by atoms with Crippen LogP contribution in [0.15, 0.2) is 0 Å². The van der Waals surface area contributed by atoms with Gasteiger partial charge in [-0.1, -0.05) is 27.2 Å². The highest BCUT2D eigenvalue weighted by Gasteiger charge is 2.24. The van der Waals surface area contributed by atoms with Crippen LogP contribution in [0.2, 0.25) is 0 Å². The maximum atomic E-state index is 12.0. The van der Waals surface area contributed by atoms with Crippen LogP contribution in [0.1, 0.15) is 46.5 Å². The van der Waals surface area contributed by atoms with Crippen LogP contribution in [0.4, 0.5) is 0 Å². The fourth-order valence-corrected chi connectivity index (χ4v) is 2.43. The van der Waals surface area contributed by atoms with Crippen molar-refractivity contribution in [1.82, 2.24) is 10.2 Å². The smallest absolute Gasteiger partial charge is 0.237 e. The minimum absolute atomic E-state index is 0.0262. The number of nitrogens with two attached hydrogens (primary N) is 1. The van der Waals surface area contributed by atoms with Gasteiger partial charge in [-0.2, -0.15) is 0 Å². The second-order valence-electron chi connectivity index (χ2n) is 5.54. The van der Waals surface area contributed by atoms with Crippen LogP contribution in [0.25, 0.3) is 0 Å². The molecule has 1 saturated heterocycles. The van der Waals surface area contributed by atoms with Crippen LogP contribution in [0.3, 0.4) is 0 Å². The van der Waals surface area contributed by atoms with E-state index in [1.165, 1.54) is 13.0 Å². The van der Waals surface area contributed by atoms with Crippen LogP contribution in [-0.4, -0.2) is 42.5 Å². The topological polar surface area (TPSA) is 58.4 Å². The van der Waals surface area contributed by atoms with Gasteiger partial charge in [-0.25, -0.2) is 0 Å². The molecule has 0 aromatic rings. The number of rotatable bonds is 6. The standard InChI is InChI=1S/C14H29N3O/c1-4-8-17-9-6-12(7-10-17)16-14(18)13(15)11(3)5-2/h11-13H,4-10,15H2,1-3H3,(H,16,18)/t11-,13-/m0/s1. The maximum Gasteiger partial charge on any atom is 0.237 e. The van der Waals surface area contributed by atoms with Crippen LogP contribution in [0.5, 0.6) is 0 Å². The lowest BCUT2D eigenvalue weighted by Crippen LogP contribution is -2.51. The quantitative estimate of drug-likeness (QED) is 0.753. The highest BCUT2D eigenvalue weighted by molar-refractivity contribution is 5.82. The Morgan fingerprint density at radius 1 is 1.39 bits per heavy atom. The van der Waals surface area contributed by atoms with Crippen LogP contribution in [0, 0.1) is 5.92 Å². The monoisotopic (exact) mass is 255 g/mol. The fraction of sp³-hybridized carbons (Fsp3) is 0.929. The van der Waals surface area contributed by atoms with Crippen molar-refractivity contribution in [2.24, 2.45) is 11.7 Å². The molecule has 106 valence electrons. The molecule has 1 fully saturated rings. The summed E-state index contributed by atoms with van der Waals surface area (Å²) < 4.78 is 0. The van der Waals surface area contributed by atoms with E-state index in [0.29, 0.717) is 6.04 Å². The first-order chi connectivity index (χ1) is 8.58. The molecule has 1 heterocycles. The third-order valence-electron chi connectivity index (χ3n) is 4.03. The molecule has 0 saturated carbocycles. The zero-order chi connectivity index (χ0) is 13.5. The van der Waals surface area contributed by atoms with Crippen molar-refractivity contribution in [2.75, 3.05) is 19.6 Å². The normalized spacial score (nSPS) is 21.6. The fourth-order valence-electron chi connectivity index (χ4n) is 2.43. The molecule has 2 atom stereocenters. The molecule has 3 N–H and O–H groups in total. The summed E-state index contributed by atoms with van der Waals surface area (Å²) in [4.78, 5) is 14.4. The first kappa shape index (κ1) is 15.4. The van der Waals surface area contributed by atoms with E-state index in [4.69, 9.17) is 5.73 Å². The number of amides is 1. The SMILES string of the molecule is CCCN1CCC(NC(=O)[C@@H](N)[C@@H](C)CC)CC1. The molecule has 0 spiro atoms. The van der Waals surface area contributed by atoms with Gasteiger partial charge in [0.25, 0.3) is 0 Å². The van der Waals surface area contributed by atoms with Gasteiger partial charge < -0.3 is 16.0 Å². The van der Waals surface area contributed by atoms with Crippen LogP contribution in [-0.2, 0) is 4.79 Å². The average Bonchev–Trinajstić information content (AvgIpc) is 2.39. The number of piperidine rings is 1. The number of carbonyl (C=O) groups is 1. The van der Waals surface area contributed by atoms with Gasteiger partial charge in [-0.3, -0.25) is 4.79 Å². The molecular formula is C14H29N3O. The summed E-state index contributed by atoms with van der Waals surface area (Å²) in [6.45, 7) is 9.68. The summed E-state index contributed by atoms with van der Waals surface area (Å²) in [6, 6.07) is -0.0376. The largest absolute Gasteiger partial charge is 0.352 e. The van der Waals surface area contributed by atoms with E-state index in [1.807, 2.05) is 6.92 Å². The minimum atomic E-state index is -0.358. The molecule has 1 aliphatic heterocycles. The van der Waals surface area contributed by atoms with Crippen LogP contribution >= 0.6 is 0 Å². The number of nitrogens with zero attached hydrogens (tertiary/aromatic N) is 1. The Labute approximate surface area is 111 Å². The van der Waals surface area contributed by atoms with Gasteiger partial charge in [0.2, 0.25) is 5.91 Å². The zero-order valence-electron chi connectivity index (χ0n) is 12.1. The number of carbonyl (C=O) groups excluding carboxylic acids is 1. The Hall–Kier alpha value is -0.610. The summed E-state index contributed by atoms with van der Waals surface area (Å²) in [7, 11) is 0. The number of likely N-dealkylation sites (tertiary alicyclic amines) is 1. The first-order valence-corrected chi connectivity index (χ1v) is 7.36. The highest BCUT2D eigenvalue weighted by atomic mass is 16.2. The lowest BCUT2D eigenvalue weighted by Gasteiger charge is -2.33. The second-order valence-corrected chi connectivity index (χ2v) is 5.54. The minimum Gasteiger partial charge on any atom is -0.352 e. The summed E-state index contributed by atoms with van der Waals surface area (Å²) in [5.41, 5.74) is 5.94. The lowest BCUT2D eigenvalue weighted by atomic mass is 9.98. The van der Waals surface area contributed by atoms with Gasteiger partial charge in [0.05, 0.1) is 6.04 Å². The lowest BCUT2D eigenvalue weighted by molar-refractivity contribution is -0.124. The molecule has 1 rings (SSSR count). The molecule has 0 aromatic heterocycles. The van der Waals surface area contributed by atoms with Gasteiger partial charge in [0.15, 0.2) is 0 Å². The predicted molar refractivity (Wildman–Crippen MR) is 75.3 cm³/mol. The summed E-state index contributed by atoms with van der Waals surface area (Å²) in [6.07, 6.45) is 4.26. The molecule has 0 radical (unpaired) electrons. The molecule has 18 heavy (non-hydrogen) atoms. The van der Waals surface area contributed by atoms with E-state index in [0.717, 1.165) is 32.4 Å². The van der Waals surface area contributed by atoms with E-state index >= 15 is 0 Å². The Kier molecular flexibility index (Phi) is 6.65. The number of nitrogens with one attached hydrogen (secondary N) is 1. The Balaban J connectivity index is 2.30. The Bertz CT molecular complexity index is 249. The molecule has 0 aromatic carbocycles. The molecule has 0 bridgehead atoms. The molecule has 4 nitrogen and oxygen atoms in total. The Morgan fingerprint density at radius 2 is 2.00 bits per heavy atom. The van der Waals surface area contributed by atoms with Crippen molar-refractivity contribution < 1.29 is 4.79 Å². The van der Waals surface area contributed by atoms with Crippen molar-refractivity contribution in [3.05, 3.63) is 0 Å². The van der Waals surface area contributed by atoms with Gasteiger partial charge in [-0.05, 0) is 31.7 Å². The van der Waals surface area contributed by atoms with Gasteiger partial charge in [0.1, 0.15) is 0 Å². The van der Waals surface area contributed by atoms with Crippen molar-refractivity contribution in [2.45, 2.75) is 58.5 Å². The molecule has 4 heteroatoms. The summed E-state index contributed by atoms with van der Waals surface area (Å²) in [5.74, 6) is 0.281. The maximum absolute atomic E-state index is 12.0. The van der Waals surface area contributed by atoms with Gasteiger partial charge >= 0.3 is 0 Å². The van der Waals surface area contributed by atoms with Crippen molar-refractivity contribution in [3.8, 4) is 0 Å². The third-order valence-corrected chi connectivity index (χ3v) is 4.03. The molecule has 0 aliphatic carbocycles. The number of hydrogen-bond donors (Lipinski definition) is 2. The zero-order valence-corrected chi connectivity index (χ0v) is 12.1. The summed E-state index contributed by atoms with van der Waals surface area (Å²) >= 11 is 0. The average molecular weight is 255 g/mol. The third kappa shape index (κ3) is 4.58. The van der Waals surface area contributed by atoms with E-state index in [2.05, 4.69) is 24.1 Å². The van der Waals surface area contributed by atoms with Crippen molar-refractivity contribution in [3.63, 3.8) is 0 Å². The molecular weight excluding hydrogens is 226 g/mol. The van der Waals surface area contributed by atoms with Crippen molar-refractivity contribution >= 4 is 5.91 Å². The predicted octanol–water partition coefficient (Wildman–Crippen LogP) is 1.35. The Morgan fingerprint density at radius 3 is 2.50 bits per heavy atom. The van der Waals surface area contributed by atoms with E-state index in [-0.39, 0.29) is 17.9 Å². The molecule has 1 aliphatic rings. The number of hydrogen-bond acceptors (Lipinski definition) is 3. The van der Waals surface area contributed by atoms with E-state index in [1.54, 1.807) is 0 Å². The van der Waals surface area contributed by atoms with E-state index < -0.39 is 0 Å². The molecule has 0 unspecified atom stereocenters. The van der Waals surface area contributed by atoms with Gasteiger partial charge in [0, 0.05) is 19.1 Å². The van der Waals surface area contributed by atoms with Crippen LogP contribution < -0.4 is 11.1 Å². The van der Waals surface area contributed by atoms with E-state index in [9.17, 15) is 4.79 Å². The second kappa shape index (κ2) is 7.74.